The van der Waals surface area contributed by atoms with E-state index < -0.39 is 10.1 Å². The Morgan fingerprint density at radius 1 is 0.926 bits per heavy atom. The highest BCUT2D eigenvalue weighted by Crippen LogP contribution is 2.23. The third-order valence-corrected chi connectivity index (χ3v) is 5.59. The maximum atomic E-state index is 12.5. The summed E-state index contributed by atoms with van der Waals surface area (Å²) in [7, 11) is -3.85. The highest BCUT2D eigenvalue weighted by atomic mass is 32.2. The van der Waals surface area contributed by atoms with Crippen LogP contribution in [0.25, 0.3) is 0 Å². The van der Waals surface area contributed by atoms with E-state index in [0.717, 1.165) is 17.7 Å². The molecule has 0 amide bonds. The Morgan fingerprint density at radius 2 is 1.63 bits per heavy atom. The number of hydrogen-bond donors (Lipinski definition) is 1. The molecule has 0 saturated carbocycles. The summed E-state index contributed by atoms with van der Waals surface area (Å²) in [6, 6.07) is 24.0. The zero-order valence-electron chi connectivity index (χ0n) is 15.4. The first kappa shape index (κ1) is 19.1. The predicted octanol–water partition coefficient (Wildman–Crippen LogP) is 4.61. The van der Waals surface area contributed by atoms with Gasteiger partial charge in [-0.2, -0.15) is 8.42 Å². The number of benzene rings is 3. The van der Waals surface area contributed by atoms with Crippen molar-refractivity contribution in [3.63, 3.8) is 0 Å². The highest BCUT2D eigenvalue weighted by molar-refractivity contribution is 7.87. The first-order valence-corrected chi connectivity index (χ1v) is 10.2. The van der Waals surface area contributed by atoms with Crippen molar-refractivity contribution in [2.75, 3.05) is 0 Å². The standard InChI is InChI=1S/C22H23NO3S/c1-17-11-13-22(14-12-17)27(24,25)26-21-10-6-9-20(15-21)18(2)23-16-19-7-4-3-5-8-19/h3-15,18,23H,16H2,1-2H3. The quantitative estimate of drug-likeness (QED) is 0.607. The molecule has 3 rings (SSSR count). The molecule has 0 radical (unpaired) electrons. The number of hydrogen-bond acceptors (Lipinski definition) is 4. The van der Waals surface area contributed by atoms with Crippen molar-refractivity contribution in [3.8, 4) is 5.75 Å². The second kappa shape index (κ2) is 8.37. The maximum Gasteiger partial charge on any atom is 0.339 e. The Kier molecular flexibility index (Phi) is 5.94. The lowest BCUT2D eigenvalue weighted by atomic mass is 10.1. The van der Waals surface area contributed by atoms with Crippen LogP contribution >= 0.6 is 0 Å². The molecule has 4 nitrogen and oxygen atoms in total. The van der Waals surface area contributed by atoms with E-state index in [1.165, 1.54) is 5.56 Å². The summed E-state index contributed by atoms with van der Waals surface area (Å²) in [6.45, 7) is 4.68. The van der Waals surface area contributed by atoms with E-state index in [1.54, 1.807) is 42.5 Å². The van der Waals surface area contributed by atoms with Crippen LogP contribution in [0.3, 0.4) is 0 Å². The third kappa shape index (κ3) is 5.18. The fourth-order valence-electron chi connectivity index (χ4n) is 2.70. The van der Waals surface area contributed by atoms with Crippen LogP contribution in [0.4, 0.5) is 0 Å². The fraction of sp³-hybridized carbons (Fsp3) is 0.182. The molecule has 1 unspecified atom stereocenters. The van der Waals surface area contributed by atoms with Crippen molar-refractivity contribution in [1.29, 1.82) is 0 Å². The van der Waals surface area contributed by atoms with E-state index in [0.29, 0.717) is 5.75 Å². The van der Waals surface area contributed by atoms with Gasteiger partial charge in [-0.25, -0.2) is 0 Å². The molecule has 0 aliphatic carbocycles. The van der Waals surface area contributed by atoms with Gasteiger partial charge in [-0.3, -0.25) is 0 Å². The lowest BCUT2D eigenvalue weighted by Crippen LogP contribution is -2.18. The monoisotopic (exact) mass is 381 g/mol. The van der Waals surface area contributed by atoms with Gasteiger partial charge in [0.15, 0.2) is 0 Å². The molecule has 0 aromatic heterocycles. The summed E-state index contributed by atoms with van der Waals surface area (Å²) >= 11 is 0. The highest BCUT2D eigenvalue weighted by Gasteiger charge is 2.17. The summed E-state index contributed by atoms with van der Waals surface area (Å²) in [5.74, 6) is 0.307. The van der Waals surface area contributed by atoms with E-state index in [4.69, 9.17) is 4.18 Å². The Balaban J connectivity index is 1.70. The number of aryl methyl sites for hydroxylation is 1. The Hall–Kier alpha value is -2.63. The molecule has 0 fully saturated rings. The van der Waals surface area contributed by atoms with Crippen molar-refractivity contribution in [2.45, 2.75) is 31.3 Å². The van der Waals surface area contributed by atoms with Gasteiger partial charge in [0.05, 0.1) is 0 Å². The molecule has 0 aliphatic rings. The molecule has 27 heavy (non-hydrogen) atoms. The van der Waals surface area contributed by atoms with Crippen molar-refractivity contribution in [3.05, 3.63) is 95.6 Å². The van der Waals surface area contributed by atoms with Gasteiger partial charge in [-0.15, -0.1) is 0 Å². The molecule has 1 N–H and O–H groups in total. The molecule has 0 spiro atoms. The van der Waals surface area contributed by atoms with Crippen LogP contribution in [0.2, 0.25) is 0 Å². The van der Waals surface area contributed by atoms with Crippen LogP contribution in [-0.2, 0) is 16.7 Å². The molecule has 3 aromatic rings. The molecule has 0 heterocycles. The topological polar surface area (TPSA) is 55.4 Å². The minimum atomic E-state index is -3.85. The van der Waals surface area contributed by atoms with Gasteiger partial charge in [0.25, 0.3) is 0 Å². The van der Waals surface area contributed by atoms with E-state index in [1.807, 2.05) is 38.1 Å². The maximum absolute atomic E-state index is 12.5. The van der Waals surface area contributed by atoms with Crippen LogP contribution in [0.15, 0.2) is 83.8 Å². The zero-order chi connectivity index (χ0) is 19.3. The minimum absolute atomic E-state index is 0.0517. The van der Waals surface area contributed by atoms with E-state index >= 15 is 0 Å². The first-order chi connectivity index (χ1) is 12.9. The van der Waals surface area contributed by atoms with E-state index in [2.05, 4.69) is 17.4 Å². The van der Waals surface area contributed by atoms with Crippen LogP contribution in [0.1, 0.15) is 29.7 Å². The molecular formula is C22H23NO3S. The normalized spacial score (nSPS) is 12.5. The second-order valence-corrected chi connectivity index (χ2v) is 8.06. The lowest BCUT2D eigenvalue weighted by molar-refractivity contribution is 0.484. The van der Waals surface area contributed by atoms with Gasteiger partial charge in [-0.1, -0.05) is 60.2 Å². The Morgan fingerprint density at radius 3 is 2.33 bits per heavy atom. The van der Waals surface area contributed by atoms with Gasteiger partial charge in [0.1, 0.15) is 10.6 Å². The number of rotatable bonds is 7. The summed E-state index contributed by atoms with van der Waals surface area (Å²) in [5.41, 5.74) is 3.15. The molecule has 0 saturated heterocycles. The first-order valence-electron chi connectivity index (χ1n) is 8.82. The largest absolute Gasteiger partial charge is 0.379 e. The second-order valence-electron chi connectivity index (χ2n) is 6.51. The van der Waals surface area contributed by atoms with Crippen LogP contribution in [0.5, 0.6) is 5.75 Å². The van der Waals surface area contributed by atoms with E-state index in [9.17, 15) is 8.42 Å². The molecule has 1 atom stereocenters. The van der Waals surface area contributed by atoms with E-state index in [-0.39, 0.29) is 10.9 Å². The molecule has 0 aliphatic heterocycles. The molecule has 140 valence electrons. The van der Waals surface area contributed by atoms with Gasteiger partial charge < -0.3 is 9.50 Å². The Bertz CT molecular complexity index is 984. The third-order valence-electron chi connectivity index (χ3n) is 4.33. The molecule has 0 bridgehead atoms. The molecular weight excluding hydrogens is 358 g/mol. The van der Waals surface area contributed by atoms with Crippen molar-refractivity contribution < 1.29 is 12.6 Å². The zero-order valence-corrected chi connectivity index (χ0v) is 16.2. The van der Waals surface area contributed by atoms with Crippen molar-refractivity contribution in [2.24, 2.45) is 0 Å². The summed E-state index contributed by atoms with van der Waals surface area (Å²) in [5, 5.41) is 3.44. The van der Waals surface area contributed by atoms with Gasteiger partial charge in [0.2, 0.25) is 0 Å². The summed E-state index contributed by atoms with van der Waals surface area (Å²) < 4.78 is 30.3. The molecule has 5 heteroatoms. The number of nitrogens with one attached hydrogen (secondary N) is 1. The van der Waals surface area contributed by atoms with Crippen molar-refractivity contribution >= 4 is 10.1 Å². The Labute approximate surface area is 161 Å². The summed E-state index contributed by atoms with van der Waals surface area (Å²) in [6.07, 6.45) is 0. The smallest absolute Gasteiger partial charge is 0.339 e. The van der Waals surface area contributed by atoms with Crippen LogP contribution in [0, 0.1) is 6.92 Å². The average molecular weight is 381 g/mol. The van der Waals surface area contributed by atoms with Crippen LogP contribution < -0.4 is 9.50 Å². The average Bonchev–Trinajstić information content (AvgIpc) is 2.67. The molecule has 3 aromatic carbocycles. The predicted molar refractivity (Wildman–Crippen MR) is 107 cm³/mol. The van der Waals surface area contributed by atoms with Gasteiger partial charge >= 0.3 is 10.1 Å². The fourth-order valence-corrected chi connectivity index (χ4v) is 3.62. The van der Waals surface area contributed by atoms with Gasteiger partial charge in [-0.05, 0) is 49.2 Å². The lowest BCUT2D eigenvalue weighted by Gasteiger charge is -2.15. The van der Waals surface area contributed by atoms with Gasteiger partial charge in [0, 0.05) is 12.6 Å². The van der Waals surface area contributed by atoms with Crippen molar-refractivity contribution in [1.82, 2.24) is 5.32 Å². The van der Waals surface area contributed by atoms with Crippen LogP contribution in [-0.4, -0.2) is 8.42 Å². The minimum Gasteiger partial charge on any atom is -0.379 e. The SMILES string of the molecule is Cc1ccc(S(=O)(=O)Oc2cccc(C(C)NCc3ccccc3)c2)cc1. The summed E-state index contributed by atoms with van der Waals surface area (Å²) in [4.78, 5) is 0.147.